The average molecular weight is 301 g/mol. The third-order valence-corrected chi connectivity index (χ3v) is 4.11. The van der Waals surface area contributed by atoms with E-state index >= 15 is 0 Å². The maximum atomic E-state index is 5.16. The maximum Gasteiger partial charge on any atom is 0.233 e. The van der Waals surface area contributed by atoms with Crippen LogP contribution in [0.2, 0.25) is 0 Å². The molecule has 3 aromatic rings. The number of nitrogens with one attached hydrogen (secondary N) is 1. The van der Waals surface area contributed by atoms with Crippen LogP contribution in [0.4, 0.5) is 11.6 Å². The molecule has 1 aromatic carbocycles. The van der Waals surface area contributed by atoms with Crippen molar-refractivity contribution >= 4 is 33.1 Å². The van der Waals surface area contributed by atoms with Gasteiger partial charge in [0.05, 0.1) is 30.7 Å². The molecule has 0 aliphatic heterocycles. The SMILES string of the molecule is COc1cc(OC)nc(Nc2cccc3cc(C)sc23)n1. The van der Waals surface area contributed by atoms with Crippen LogP contribution in [0.3, 0.4) is 0 Å². The number of anilines is 2. The summed E-state index contributed by atoms with van der Waals surface area (Å²) in [5, 5.41) is 4.44. The highest BCUT2D eigenvalue weighted by atomic mass is 32.1. The summed E-state index contributed by atoms with van der Waals surface area (Å²) in [6.07, 6.45) is 0. The van der Waals surface area contributed by atoms with Gasteiger partial charge in [-0.05, 0) is 24.4 Å². The van der Waals surface area contributed by atoms with E-state index in [1.54, 1.807) is 31.6 Å². The Kier molecular flexibility index (Phi) is 3.62. The van der Waals surface area contributed by atoms with E-state index in [9.17, 15) is 0 Å². The van der Waals surface area contributed by atoms with Crippen LogP contribution in [0.1, 0.15) is 4.88 Å². The monoisotopic (exact) mass is 301 g/mol. The van der Waals surface area contributed by atoms with Gasteiger partial charge >= 0.3 is 0 Å². The topological polar surface area (TPSA) is 56.3 Å². The molecule has 3 rings (SSSR count). The Hall–Kier alpha value is -2.34. The van der Waals surface area contributed by atoms with Crippen molar-refractivity contribution in [3.8, 4) is 11.8 Å². The summed E-state index contributed by atoms with van der Waals surface area (Å²) in [7, 11) is 3.13. The van der Waals surface area contributed by atoms with Gasteiger partial charge < -0.3 is 14.8 Å². The average Bonchev–Trinajstić information content (AvgIpc) is 2.88. The first-order valence-corrected chi connectivity index (χ1v) is 7.24. The van der Waals surface area contributed by atoms with Crippen molar-refractivity contribution in [1.29, 1.82) is 0 Å². The molecule has 0 unspecified atom stereocenters. The van der Waals surface area contributed by atoms with Crippen LogP contribution in [-0.2, 0) is 0 Å². The normalized spacial score (nSPS) is 10.6. The molecular formula is C15H15N3O2S. The van der Waals surface area contributed by atoms with Crippen molar-refractivity contribution in [1.82, 2.24) is 9.97 Å². The molecule has 2 aromatic heterocycles. The number of methoxy groups -OCH3 is 2. The Morgan fingerprint density at radius 2 is 1.76 bits per heavy atom. The van der Waals surface area contributed by atoms with Gasteiger partial charge in [-0.15, -0.1) is 11.3 Å². The molecule has 0 aliphatic carbocycles. The van der Waals surface area contributed by atoms with E-state index in [1.807, 2.05) is 12.1 Å². The van der Waals surface area contributed by atoms with E-state index in [0.29, 0.717) is 17.7 Å². The zero-order chi connectivity index (χ0) is 14.8. The van der Waals surface area contributed by atoms with Crippen LogP contribution in [0.15, 0.2) is 30.3 Å². The van der Waals surface area contributed by atoms with Gasteiger partial charge in [-0.1, -0.05) is 12.1 Å². The highest BCUT2D eigenvalue weighted by molar-refractivity contribution is 7.19. The number of aryl methyl sites for hydroxylation is 1. The predicted octanol–water partition coefficient (Wildman–Crippen LogP) is 3.76. The van der Waals surface area contributed by atoms with E-state index in [0.717, 1.165) is 5.69 Å². The number of nitrogens with zero attached hydrogens (tertiary/aromatic N) is 2. The summed E-state index contributed by atoms with van der Waals surface area (Å²) in [4.78, 5) is 9.84. The van der Waals surface area contributed by atoms with Crippen LogP contribution in [0.25, 0.3) is 10.1 Å². The molecule has 1 N–H and O–H groups in total. The molecule has 0 saturated heterocycles. The Balaban J connectivity index is 2.02. The van der Waals surface area contributed by atoms with Crippen molar-refractivity contribution in [3.63, 3.8) is 0 Å². The van der Waals surface area contributed by atoms with Crippen molar-refractivity contribution in [3.05, 3.63) is 35.2 Å². The van der Waals surface area contributed by atoms with E-state index in [2.05, 4.69) is 34.3 Å². The fourth-order valence-corrected chi connectivity index (χ4v) is 3.06. The highest BCUT2D eigenvalue weighted by Crippen LogP contribution is 2.33. The lowest BCUT2D eigenvalue weighted by molar-refractivity contribution is 0.373. The molecule has 0 spiro atoms. The number of ether oxygens (including phenoxy) is 2. The lowest BCUT2D eigenvalue weighted by Crippen LogP contribution is -2.01. The van der Waals surface area contributed by atoms with E-state index < -0.39 is 0 Å². The van der Waals surface area contributed by atoms with E-state index in [4.69, 9.17) is 9.47 Å². The Morgan fingerprint density at radius 1 is 1.05 bits per heavy atom. The first kappa shape index (κ1) is 13.6. The maximum absolute atomic E-state index is 5.16. The van der Waals surface area contributed by atoms with Gasteiger partial charge in [-0.3, -0.25) is 0 Å². The van der Waals surface area contributed by atoms with Crippen LogP contribution < -0.4 is 14.8 Å². The second kappa shape index (κ2) is 5.57. The molecule has 0 atom stereocenters. The van der Waals surface area contributed by atoms with Gasteiger partial charge in [-0.25, -0.2) is 0 Å². The van der Waals surface area contributed by atoms with Gasteiger partial charge in [0, 0.05) is 4.88 Å². The molecule has 6 heteroatoms. The summed E-state index contributed by atoms with van der Waals surface area (Å²) >= 11 is 1.74. The van der Waals surface area contributed by atoms with Crippen molar-refractivity contribution in [2.75, 3.05) is 19.5 Å². The summed E-state index contributed by atoms with van der Waals surface area (Å²) in [5.74, 6) is 1.36. The largest absolute Gasteiger partial charge is 0.481 e. The quantitative estimate of drug-likeness (QED) is 0.795. The summed E-state index contributed by atoms with van der Waals surface area (Å²) in [5.41, 5.74) is 0.973. The summed E-state index contributed by atoms with van der Waals surface area (Å²) in [6.45, 7) is 2.10. The first-order chi connectivity index (χ1) is 10.2. The lowest BCUT2D eigenvalue weighted by atomic mass is 10.2. The highest BCUT2D eigenvalue weighted by Gasteiger charge is 2.09. The summed E-state index contributed by atoms with van der Waals surface area (Å²) < 4.78 is 11.5. The molecule has 21 heavy (non-hydrogen) atoms. The second-order valence-electron chi connectivity index (χ2n) is 4.48. The zero-order valence-electron chi connectivity index (χ0n) is 12.0. The van der Waals surface area contributed by atoms with Gasteiger partial charge in [0.2, 0.25) is 17.7 Å². The number of rotatable bonds is 4. The second-order valence-corrected chi connectivity index (χ2v) is 5.74. The minimum absolute atomic E-state index is 0.449. The van der Waals surface area contributed by atoms with Gasteiger partial charge in [0.15, 0.2) is 0 Å². The molecule has 0 amide bonds. The Labute approximate surface area is 126 Å². The van der Waals surface area contributed by atoms with Gasteiger partial charge in [0.25, 0.3) is 0 Å². The van der Waals surface area contributed by atoms with Crippen molar-refractivity contribution in [2.45, 2.75) is 6.92 Å². The standard InChI is InChI=1S/C15H15N3O2S/c1-9-7-10-5-4-6-11(14(10)21-9)16-15-17-12(19-2)8-13(18-15)20-3/h4-8H,1-3H3,(H,16,17,18). The minimum atomic E-state index is 0.449. The minimum Gasteiger partial charge on any atom is -0.481 e. The first-order valence-electron chi connectivity index (χ1n) is 6.43. The lowest BCUT2D eigenvalue weighted by Gasteiger charge is -2.09. The van der Waals surface area contributed by atoms with Crippen molar-refractivity contribution < 1.29 is 9.47 Å². The number of fused-ring (bicyclic) bond motifs is 1. The van der Waals surface area contributed by atoms with Crippen LogP contribution in [0.5, 0.6) is 11.8 Å². The van der Waals surface area contributed by atoms with E-state index in [-0.39, 0.29) is 0 Å². The Bertz CT molecular complexity index is 763. The number of hydrogen-bond donors (Lipinski definition) is 1. The summed E-state index contributed by atoms with van der Waals surface area (Å²) in [6, 6.07) is 9.91. The molecule has 0 fully saturated rings. The number of hydrogen-bond acceptors (Lipinski definition) is 6. The smallest absolute Gasteiger partial charge is 0.233 e. The molecule has 5 nitrogen and oxygen atoms in total. The molecule has 108 valence electrons. The van der Waals surface area contributed by atoms with Gasteiger partial charge in [0.1, 0.15) is 0 Å². The number of thiophene rings is 1. The molecule has 0 radical (unpaired) electrons. The molecule has 2 heterocycles. The van der Waals surface area contributed by atoms with Crippen LogP contribution in [0, 0.1) is 6.92 Å². The predicted molar refractivity (Wildman–Crippen MR) is 85.0 cm³/mol. The molecular weight excluding hydrogens is 286 g/mol. The van der Waals surface area contributed by atoms with Crippen LogP contribution in [-0.4, -0.2) is 24.2 Å². The molecule has 0 aliphatic rings. The van der Waals surface area contributed by atoms with Crippen LogP contribution >= 0.6 is 11.3 Å². The number of benzene rings is 1. The molecule has 0 saturated carbocycles. The fourth-order valence-electron chi connectivity index (χ4n) is 2.08. The van der Waals surface area contributed by atoms with Gasteiger partial charge in [-0.2, -0.15) is 9.97 Å². The third kappa shape index (κ3) is 2.75. The fraction of sp³-hybridized carbons (Fsp3) is 0.200. The zero-order valence-corrected chi connectivity index (χ0v) is 12.8. The number of aromatic nitrogens is 2. The third-order valence-electron chi connectivity index (χ3n) is 3.01. The van der Waals surface area contributed by atoms with E-state index in [1.165, 1.54) is 15.0 Å². The van der Waals surface area contributed by atoms with Crippen molar-refractivity contribution in [2.24, 2.45) is 0 Å². The molecule has 0 bridgehead atoms. The Morgan fingerprint density at radius 3 is 2.43 bits per heavy atom.